The highest BCUT2D eigenvalue weighted by atomic mass is 16.3. The first-order chi connectivity index (χ1) is 14.7. The summed E-state index contributed by atoms with van der Waals surface area (Å²) in [6.07, 6.45) is 6.30. The van der Waals surface area contributed by atoms with Crippen LogP contribution in [0, 0.1) is 35.0 Å². The average molecular weight is 434 g/mol. The van der Waals surface area contributed by atoms with E-state index in [0.717, 1.165) is 25.2 Å². The Balaban J connectivity index is 1.39. The molecule has 5 atom stereocenters. The van der Waals surface area contributed by atoms with Crippen LogP contribution in [0.5, 0.6) is 0 Å². The third-order valence-electron chi connectivity index (χ3n) is 8.69. The Hall–Kier alpha value is -1.63. The molecular formula is C24H39N3O4. The summed E-state index contributed by atoms with van der Waals surface area (Å²) in [6.45, 7) is 7.75. The molecule has 3 amide bonds. The third-order valence-corrected chi connectivity index (χ3v) is 8.69. The molecule has 4 aliphatic rings. The predicted octanol–water partition coefficient (Wildman–Crippen LogP) is 1.69. The molecule has 0 unspecified atom stereocenters. The second kappa shape index (κ2) is 8.72. The van der Waals surface area contributed by atoms with Gasteiger partial charge in [-0.25, -0.2) is 0 Å². The number of carbonyl (C=O) groups is 3. The number of hydrogen-bond donors (Lipinski definition) is 3. The van der Waals surface area contributed by atoms with Gasteiger partial charge < -0.3 is 20.6 Å². The lowest BCUT2D eigenvalue weighted by Gasteiger charge is -2.33. The molecule has 2 aliphatic carbocycles. The standard InChI is InChI=1S/C24H39N3O4/c1-14-4-6-15(7-5-14)10-19(29)27-12-18-20(24(18,2)3)21(27)23(31)26-17(13-28)11-16-8-9-25-22(16)30/h14-18,20-21,28H,4-13H2,1-3H3,(H,25,30)(H,26,31)/t14?,15?,16-,17-,18-,20-,21-/m0/s1. The minimum Gasteiger partial charge on any atom is -0.394 e. The number of hydrogen-bond acceptors (Lipinski definition) is 4. The van der Waals surface area contributed by atoms with Gasteiger partial charge in [0.15, 0.2) is 0 Å². The van der Waals surface area contributed by atoms with Crippen LogP contribution in [0.15, 0.2) is 0 Å². The van der Waals surface area contributed by atoms with Gasteiger partial charge in [0, 0.05) is 25.4 Å². The van der Waals surface area contributed by atoms with E-state index < -0.39 is 12.1 Å². The van der Waals surface area contributed by atoms with E-state index >= 15 is 0 Å². The summed E-state index contributed by atoms with van der Waals surface area (Å²) in [5, 5.41) is 15.6. The van der Waals surface area contributed by atoms with E-state index in [2.05, 4.69) is 31.4 Å². The van der Waals surface area contributed by atoms with Crippen LogP contribution in [0.4, 0.5) is 0 Å². The summed E-state index contributed by atoms with van der Waals surface area (Å²) in [6, 6.07) is -0.916. The van der Waals surface area contributed by atoms with Crippen molar-refractivity contribution in [1.82, 2.24) is 15.5 Å². The van der Waals surface area contributed by atoms with Crippen LogP contribution in [0.25, 0.3) is 0 Å². The number of aliphatic hydroxyl groups is 1. The summed E-state index contributed by atoms with van der Waals surface area (Å²) < 4.78 is 0. The van der Waals surface area contributed by atoms with Crippen molar-refractivity contribution in [2.45, 2.75) is 77.8 Å². The van der Waals surface area contributed by atoms with Crippen LogP contribution >= 0.6 is 0 Å². The van der Waals surface area contributed by atoms with E-state index in [-0.39, 0.29) is 41.6 Å². The van der Waals surface area contributed by atoms with E-state index in [1.54, 1.807) is 0 Å². The Bertz CT molecular complexity index is 716. The Kier molecular flexibility index (Phi) is 6.35. The number of piperidine rings is 1. The van der Waals surface area contributed by atoms with Crippen molar-refractivity contribution in [3.05, 3.63) is 0 Å². The average Bonchev–Trinajstić information content (AvgIpc) is 3.10. The molecule has 0 spiro atoms. The van der Waals surface area contributed by atoms with Crippen molar-refractivity contribution in [2.24, 2.45) is 35.0 Å². The lowest BCUT2D eigenvalue weighted by atomic mass is 9.81. The number of rotatable bonds is 7. The van der Waals surface area contributed by atoms with Crippen molar-refractivity contribution in [1.29, 1.82) is 0 Å². The van der Waals surface area contributed by atoms with Gasteiger partial charge in [0.05, 0.1) is 12.6 Å². The van der Waals surface area contributed by atoms with Crippen LogP contribution in [0.3, 0.4) is 0 Å². The van der Waals surface area contributed by atoms with Crippen molar-refractivity contribution in [3.63, 3.8) is 0 Å². The Morgan fingerprint density at radius 3 is 2.55 bits per heavy atom. The molecule has 4 rings (SSSR count). The quantitative estimate of drug-likeness (QED) is 0.569. The highest BCUT2D eigenvalue weighted by molar-refractivity contribution is 5.90. The molecule has 174 valence electrons. The normalized spacial score (nSPS) is 37.2. The van der Waals surface area contributed by atoms with E-state index in [9.17, 15) is 19.5 Å². The number of amides is 3. The largest absolute Gasteiger partial charge is 0.394 e. The highest BCUT2D eigenvalue weighted by Gasteiger charge is 2.69. The molecule has 2 aliphatic heterocycles. The lowest BCUT2D eigenvalue weighted by molar-refractivity contribution is -0.141. The van der Waals surface area contributed by atoms with Crippen LogP contribution < -0.4 is 10.6 Å². The molecule has 2 saturated heterocycles. The molecule has 7 nitrogen and oxygen atoms in total. The zero-order valence-corrected chi connectivity index (χ0v) is 19.2. The number of carbonyl (C=O) groups excluding carboxylic acids is 3. The van der Waals surface area contributed by atoms with Gasteiger partial charge in [-0.1, -0.05) is 33.6 Å². The number of likely N-dealkylation sites (tertiary alicyclic amines) is 1. The summed E-state index contributed by atoms with van der Waals surface area (Å²) in [7, 11) is 0. The third kappa shape index (κ3) is 4.48. The van der Waals surface area contributed by atoms with Gasteiger partial charge >= 0.3 is 0 Å². The molecule has 3 N–H and O–H groups in total. The molecule has 0 bridgehead atoms. The first kappa shape index (κ1) is 22.6. The van der Waals surface area contributed by atoms with Crippen LogP contribution in [0.2, 0.25) is 0 Å². The summed E-state index contributed by atoms with van der Waals surface area (Å²) >= 11 is 0. The van der Waals surface area contributed by atoms with Crippen molar-refractivity contribution in [3.8, 4) is 0 Å². The number of aliphatic hydroxyl groups excluding tert-OH is 1. The van der Waals surface area contributed by atoms with Gasteiger partial charge in [0.1, 0.15) is 6.04 Å². The maximum Gasteiger partial charge on any atom is 0.243 e. The number of nitrogens with one attached hydrogen (secondary N) is 2. The van der Waals surface area contributed by atoms with Crippen LogP contribution in [-0.4, -0.2) is 59.5 Å². The molecule has 2 saturated carbocycles. The van der Waals surface area contributed by atoms with E-state index in [4.69, 9.17) is 0 Å². The zero-order chi connectivity index (χ0) is 22.3. The Labute approximate surface area is 185 Å². The fourth-order valence-corrected chi connectivity index (χ4v) is 6.42. The number of fused-ring (bicyclic) bond motifs is 1. The first-order valence-electron chi connectivity index (χ1n) is 12.2. The van der Waals surface area contributed by atoms with Gasteiger partial charge in [-0.05, 0) is 54.8 Å². The van der Waals surface area contributed by atoms with E-state index in [0.29, 0.717) is 37.8 Å². The predicted molar refractivity (Wildman–Crippen MR) is 117 cm³/mol. The van der Waals surface area contributed by atoms with Gasteiger partial charge in [-0.2, -0.15) is 0 Å². The molecule has 0 radical (unpaired) electrons. The fourth-order valence-electron chi connectivity index (χ4n) is 6.42. The molecule has 31 heavy (non-hydrogen) atoms. The van der Waals surface area contributed by atoms with E-state index in [1.165, 1.54) is 12.8 Å². The molecule has 0 aromatic rings. The SMILES string of the molecule is CC1CCC(CC(=O)N2C[C@H]3[C@@H]([C@H]2C(=O)N[C@H](CO)C[C@@H]2CCNC2=O)C3(C)C)CC1. The van der Waals surface area contributed by atoms with E-state index in [1.807, 2.05) is 4.90 Å². The zero-order valence-electron chi connectivity index (χ0n) is 19.2. The molecule has 0 aromatic heterocycles. The lowest BCUT2D eigenvalue weighted by Crippen LogP contribution is -2.53. The van der Waals surface area contributed by atoms with Crippen molar-refractivity contribution >= 4 is 17.7 Å². The number of nitrogens with zero attached hydrogens (tertiary/aromatic N) is 1. The first-order valence-corrected chi connectivity index (χ1v) is 12.2. The molecule has 2 heterocycles. The molecule has 4 fully saturated rings. The molecular weight excluding hydrogens is 394 g/mol. The van der Waals surface area contributed by atoms with Gasteiger partial charge in [0.25, 0.3) is 0 Å². The minimum absolute atomic E-state index is 0.00411. The summed E-state index contributed by atoms with van der Waals surface area (Å²) in [5.41, 5.74) is 0.0686. The monoisotopic (exact) mass is 433 g/mol. The smallest absolute Gasteiger partial charge is 0.243 e. The van der Waals surface area contributed by atoms with Crippen LogP contribution in [-0.2, 0) is 14.4 Å². The van der Waals surface area contributed by atoms with Crippen molar-refractivity contribution in [2.75, 3.05) is 19.7 Å². The van der Waals surface area contributed by atoms with Gasteiger partial charge in [-0.15, -0.1) is 0 Å². The topological polar surface area (TPSA) is 98.7 Å². The maximum absolute atomic E-state index is 13.3. The molecule has 0 aromatic carbocycles. The molecule has 7 heteroatoms. The second-order valence-corrected chi connectivity index (χ2v) is 11.2. The Morgan fingerprint density at radius 2 is 1.94 bits per heavy atom. The fraction of sp³-hybridized carbons (Fsp3) is 0.875. The minimum atomic E-state index is -0.459. The maximum atomic E-state index is 13.3. The highest BCUT2D eigenvalue weighted by Crippen LogP contribution is 2.65. The van der Waals surface area contributed by atoms with Crippen LogP contribution in [0.1, 0.15) is 65.7 Å². The Morgan fingerprint density at radius 1 is 1.23 bits per heavy atom. The van der Waals surface area contributed by atoms with Gasteiger partial charge in [0.2, 0.25) is 17.7 Å². The summed E-state index contributed by atoms with van der Waals surface area (Å²) in [4.78, 5) is 40.3. The summed E-state index contributed by atoms with van der Waals surface area (Å²) in [5.74, 6) is 1.50. The van der Waals surface area contributed by atoms with Crippen molar-refractivity contribution < 1.29 is 19.5 Å². The second-order valence-electron chi connectivity index (χ2n) is 11.2. The van der Waals surface area contributed by atoms with Gasteiger partial charge in [-0.3, -0.25) is 14.4 Å².